The van der Waals surface area contributed by atoms with Crippen LogP contribution < -0.4 is 5.32 Å². The molecule has 0 amide bonds. The average Bonchev–Trinajstić information content (AvgIpc) is 2.59. The highest BCUT2D eigenvalue weighted by atomic mass is 79.9. The summed E-state index contributed by atoms with van der Waals surface area (Å²) in [7, 11) is 0. The van der Waals surface area contributed by atoms with Crippen LogP contribution in [0.15, 0.2) is 34.3 Å². The van der Waals surface area contributed by atoms with E-state index in [1.807, 2.05) is 6.07 Å². The molecule has 0 heterocycles. The number of nitrogens with zero attached hydrogens (tertiary/aromatic N) is 1. The number of phenolic OH excluding ortho intramolecular Hbond substituents is 5. The molecule has 0 aliphatic heterocycles. The van der Waals surface area contributed by atoms with Crippen LogP contribution >= 0.6 is 28.1 Å². The third-order valence-electron chi connectivity index (χ3n) is 3.32. The highest BCUT2D eigenvalue weighted by Gasteiger charge is 2.11. The summed E-state index contributed by atoms with van der Waals surface area (Å²) in [5.74, 6) is -2.24. The van der Waals surface area contributed by atoms with E-state index in [-0.39, 0.29) is 33.1 Å². The highest BCUT2D eigenvalue weighted by molar-refractivity contribution is 9.10. The fourth-order valence-corrected chi connectivity index (χ4v) is 2.69. The topological polar surface area (TPSA) is 137 Å². The quantitative estimate of drug-likeness (QED) is 0.186. The highest BCUT2D eigenvalue weighted by Crippen LogP contribution is 2.36. The van der Waals surface area contributed by atoms with Crippen LogP contribution in [0.4, 0.5) is 0 Å². The van der Waals surface area contributed by atoms with Gasteiger partial charge in [0.15, 0.2) is 28.7 Å². The molecule has 6 N–H and O–H groups in total. The zero-order valence-corrected chi connectivity index (χ0v) is 15.5. The first-order valence-corrected chi connectivity index (χ1v) is 8.28. The average molecular weight is 437 g/mol. The van der Waals surface area contributed by atoms with Gasteiger partial charge in [0, 0.05) is 6.54 Å². The standard InChI is InChI=1S/C17H13BrN2O5S/c18-11-2-8(3-12(21)15(11)24)1-10(6-19)17(26)20-7-9-4-13(22)16(25)14(23)5-9/h1-5,21-25H,7H2,(H,20,26). The first-order valence-electron chi connectivity index (χ1n) is 7.08. The van der Waals surface area contributed by atoms with Crippen LogP contribution in [-0.2, 0) is 6.54 Å². The Hall–Kier alpha value is -2.96. The molecule has 0 saturated heterocycles. The summed E-state index contributed by atoms with van der Waals surface area (Å²) in [6, 6.07) is 7.20. The lowest BCUT2D eigenvalue weighted by atomic mass is 10.1. The lowest BCUT2D eigenvalue weighted by Crippen LogP contribution is -2.22. The van der Waals surface area contributed by atoms with Crippen molar-refractivity contribution in [1.82, 2.24) is 5.32 Å². The molecule has 0 atom stereocenters. The Labute approximate surface area is 162 Å². The minimum absolute atomic E-state index is 0.0871. The van der Waals surface area contributed by atoms with Gasteiger partial charge in [-0.2, -0.15) is 5.26 Å². The lowest BCUT2D eigenvalue weighted by molar-refractivity contribution is 0.367. The molecule has 26 heavy (non-hydrogen) atoms. The molecule has 9 heteroatoms. The molecular formula is C17H13BrN2O5S. The van der Waals surface area contributed by atoms with Gasteiger partial charge in [0.25, 0.3) is 0 Å². The van der Waals surface area contributed by atoms with E-state index in [0.717, 1.165) is 0 Å². The van der Waals surface area contributed by atoms with E-state index in [9.17, 15) is 30.8 Å². The molecular weight excluding hydrogens is 424 g/mol. The number of aromatic hydroxyl groups is 5. The van der Waals surface area contributed by atoms with E-state index in [1.165, 1.54) is 30.3 Å². The number of rotatable bonds is 4. The second kappa shape index (κ2) is 7.95. The smallest absolute Gasteiger partial charge is 0.200 e. The monoisotopic (exact) mass is 436 g/mol. The zero-order valence-electron chi connectivity index (χ0n) is 13.1. The van der Waals surface area contributed by atoms with Gasteiger partial charge < -0.3 is 30.8 Å². The van der Waals surface area contributed by atoms with Gasteiger partial charge in [-0.25, -0.2) is 0 Å². The third-order valence-corrected chi connectivity index (χ3v) is 4.29. The van der Waals surface area contributed by atoms with E-state index < -0.39 is 17.2 Å². The number of hydrogen-bond acceptors (Lipinski definition) is 7. The molecule has 0 aromatic heterocycles. The molecule has 0 fully saturated rings. The van der Waals surface area contributed by atoms with E-state index in [1.54, 1.807) is 0 Å². The minimum atomic E-state index is -0.619. The van der Waals surface area contributed by atoms with Crippen molar-refractivity contribution in [3.8, 4) is 34.8 Å². The maximum Gasteiger partial charge on any atom is 0.200 e. The fourth-order valence-electron chi connectivity index (χ4n) is 2.04. The Balaban J connectivity index is 2.18. The number of nitrogens with one attached hydrogen (secondary N) is 1. The van der Waals surface area contributed by atoms with Crippen LogP contribution in [-0.4, -0.2) is 30.5 Å². The number of thiocarbonyl (C=S) groups is 1. The molecule has 0 radical (unpaired) electrons. The summed E-state index contributed by atoms with van der Waals surface area (Å²) in [4.78, 5) is 0.100. The van der Waals surface area contributed by atoms with Gasteiger partial charge in [-0.1, -0.05) is 12.2 Å². The van der Waals surface area contributed by atoms with Crippen molar-refractivity contribution < 1.29 is 25.5 Å². The second-order valence-corrected chi connectivity index (χ2v) is 6.47. The van der Waals surface area contributed by atoms with Crippen molar-refractivity contribution in [1.29, 1.82) is 5.26 Å². The Morgan fingerprint density at radius 2 is 1.62 bits per heavy atom. The fraction of sp³-hybridized carbons (Fsp3) is 0.0588. The molecule has 2 aromatic carbocycles. The number of hydrogen-bond donors (Lipinski definition) is 6. The number of phenols is 5. The Bertz CT molecular complexity index is 907. The zero-order chi connectivity index (χ0) is 19.4. The molecule has 0 aliphatic rings. The van der Waals surface area contributed by atoms with E-state index >= 15 is 0 Å². The minimum Gasteiger partial charge on any atom is -0.504 e. The first kappa shape index (κ1) is 19.4. The Kier molecular flexibility index (Phi) is 5.92. The molecule has 0 unspecified atom stereocenters. The molecule has 134 valence electrons. The van der Waals surface area contributed by atoms with Gasteiger partial charge in [-0.05, 0) is 57.4 Å². The van der Waals surface area contributed by atoms with Crippen molar-refractivity contribution in [2.24, 2.45) is 0 Å². The Morgan fingerprint density at radius 1 is 1.04 bits per heavy atom. The molecule has 2 aromatic rings. The second-order valence-electron chi connectivity index (χ2n) is 5.21. The molecule has 0 spiro atoms. The van der Waals surface area contributed by atoms with Gasteiger partial charge in [0.05, 0.1) is 10.0 Å². The van der Waals surface area contributed by atoms with Gasteiger partial charge >= 0.3 is 0 Å². The molecule has 7 nitrogen and oxygen atoms in total. The van der Waals surface area contributed by atoms with Gasteiger partial charge in [0.1, 0.15) is 11.1 Å². The van der Waals surface area contributed by atoms with Crippen molar-refractivity contribution in [2.45, 2.75) is 6.54 Å². The van der Waals surface area contributed by atoms with Crippen molar-refractivity contribution in [3.05, 3.63) is 45.4 Å². The van der Waals surface area contributed by atoms with Crippen molar-refractivity contribution >= 4 is 39.2 Å². The number of benzene rings is 2. The van der Waals surface area contributed by atoms with Crippen LogP contribution in [0.25, 0.3) is 6.08 Å². The number of nitriles is 1. The SMILES string of the molecule is N#CC(=Cc1cc(O)c(O)c(Br)c1)C(=S)NCc1cc(O)c(O)c(O)c1. The summed E-state index contributed by atoms with van der Waals surface area (Å²) >= 11 is 8.24. The Morgan fingerprint density at radius 3 is 2.15 bits per heavy atom. The van der Waals surface area contributed by atoms with Crippen LogP contribution in [0.5, 0.6) is 28.7 Å². The van der Waals surface area contributed by atoms with E-state index in [0.29, 0.717) is 11.1 Å². The predicted octanol–water partition coefficient (Wildman–Crippen LogP) is 3.00. The molecule has 2 rings (SSSR count). The molecule has 0 aliphatic carbocycles. The summed E-state index contributed by atoms with van der Waals surface area (Å²) in [5, 5.41) is 59.5. The van der Waals surface area contributed by atoms with Crippen molar-refractivity contribution in [2.75, 3.05) is 0 Å². The lowest BCUT2D eigenvalue weighted by Gasteiger charge is -2.09. The van der Waals surface area contributed by atoms with Crippen molar-refractivity contribution in [3.63, 3.8) is 0 Å². The summed E-state index contributed by atoms with van der Waals surface area (Å²) in [6.07, 6.45) is 1.42. The first-order chi connectivity index (χ1) is 12.2. The maximum atomic E-state index is 9.62. The molecule has 0 bridgehead atoms. The normalized spacial score (nSPS) is 11.0. The van der Waals surface area contributed by atoms with Crippen LogP contribution in [0.3, 0.4) is 0 Å². The van der Waals surface area contributed by atoms with E-state index in [2.05, 4.69) is 21.2 Å². The van der Waals surface area contributed by atoms with E-state index in [4.69, 9.17) is 12.2 Å². The summed E-state index contributed by atoms with van der Waals surface area (Å²) < 4.78 is 0.259. The van der Waals surface area contributed by atoms with Crippen LogP contribution in [0, 0.1) is 11.3 Å². The van der Waals surface area contributed by atoms with Gasteiger partial charge in [0.2, 0.25) is 0 Å². The third kappa shape index (κ3) is 4.36. The van der Waals surface area contributed by atoms with Crippen LogP contribution in [0.2, 0.25) is 0 Å². The summed E-state index contributed by atoms with van der Waals surface area (Å²) in [5.41, 5.74) is 0.972. The predicted molar refractivity (Wildman–Crippen MR) is 102 cm³/mol. The molecule has 0 saturated carbocycles. The van der Waals surface area contributed by atoms with Gasteiger partial charge in [-0.15, -0.1) is 0 Å². The summed E-state index contributed by atoms with van der Waals surface area (Å²) in [6.45, 7) is 0.0871. The van der Waals surface area contributed by atoms with Gasteiger partial charge in [-0.3, -0.25) is 0 Å². The maximum absolute atomic E-state index is 9.62. The number of halogens is 1. The largest absolute Gasteiger partial charge is 0.504 e. The van der Waals surface area contributed by atoms with Crippen LogP contribution in [0.1, 0.15) is 11.1 Å².